The lowest BCUT2D eigenvalue weighted by molar-refractivity contribution is -0.133. The lowest BCUT2D eigenvalue weighted by Crippen LogP contribution is -2.45. The van der Waals surface area contributed by atoms with Crippen molar-refractivity contribution in [2.75, 3.05) is 25.4 Å². The van der Waals surface area contributed by atoms with Gasteiger partial charge in [0.1, 0.15) is 11.8 Å². The summed E-state index contributed by atoms with van der Waals surface area (Å²) < 4.78 is 5.68. The van der Waals surface area contributed by atoms with Crippen LogP contribution in [0.5, 0.6) is 0 Å². The monoisotopic (exact) mass is 373 g/mol. The second kappa shape index (κ2) is 9.00. The summed E-state index contributed by atoms with van der Waals surface area (Å²) in [6.45, 7) is 2.06. The number of nitrogens with one attached hydrogen (secondary N) is 1. The van der Waals surface area contributed by atoms with E-state index in [2.05, 4.69) is 17.1 Å². The summed E-state index contributed by atoms with van der Waals surface area (Å²) in [5.41, 5.74) is 2.69. The first-order valence-corrected chi connectivity index (χ1v) is 9.94. The van der Waals surface area contributed by atoms with Crippen molar-refractivity contribution in [2.45, 2.75) is 36.6 Å². The molecule has 6 nitrogen and oxygen atoms in total. The summed E-state index contributed by atoms with van der Waals surface area (Å²) >= 11 is 1.79. The van der Waals surface area contributed by atoms with Crippen molar-refractivity contribution >= 4 is 17.7 Å². The maximum Gasteiger partial charge on any atom is 0.240 e. The van der Waals surface area contributed by atoms with Gasteiger partial charge in [-0.1, -0.05) is 5.73 Å². The van der Waals surface area contributed by atoms with Crippen LogP contribution in [0.4, 0.5) is 0 Å². The lowest BCUT2D eigenvalue weighted by Gasteiger charge is -2.23. The summed E-state index contributed by atoms with van der Waals surface area (Å²) in [6, 6.07) is 1.80. The smallest absolute Gasteiger partial charge is 0.240 e. The van der Waals surface area contributed by atoms with Gasteiger partial charge >= 0.3 is 0 Å². The Labute approximate surface area is 157 Å². The Bertz CT molecular complexity index is 703. The number of likely N-dealkylation sites (tertiary alicyclic amines) is 1. The molecule has 3 rings (SSSR count). The van der Waals surface area contributed by atoms with Gasteiger partial charge in [-0.2, -0.15) is 17.0 Å². The number of amides is 1. The van der Waals surface area contributed by atoms with Crippen molar-refractivity contribution in [1.29, 1.82) is 5.26 Å². The van der Waals surface area contributed by atoms with Crippen LogP contribution in [-0.4, -0.2) is 58.7 Å². The normalized spacial score (nSPS) is 27.7. The zero-order chi connectivity index (χ0) is 18.4. The highest BCUT2D eigenvalue weighted by atomic mass is 32.2. The minimum Gasteiger partial charge on any atom is -0.501 e. The van der Waals surface area contributed by atoms with Crippen molar-refractivity contribution in [3.05, 3.63) is 41.6 Å². The minimum absolute atomic E-state index is 0.0706. The average molecular weight is 373 g/mol. The number of nitriles is 1. The third kappa shape index (κ3) is 4.73. The van der Waals surface area contributed by atoms with Crippen LogP contribution in [0.25, 0.3) is 0 Å². The molecule has 0 aromatic rings. The van der Waals surface area contributed by atoms with Crippen LogP contribution in [-0.2, 0) is 9.53 Å². The van der Waals surface area contributed by atoms with E-state index in [4.69, 9.17) is 10.00 Å². The molecule has 2 aliphatic heterocycles. The fraction of sp³-hybridized carbons (Fsp3) is 0.526. The number of nitrogens with zero attached hydrogens (tertiary/aromatic N) is 2. The molecule has 0 bridgehead atoms. The van der Waals surface area contributed by atoms with Gasteiger partial charge in [-0.25, -0.2) is 0 Å². The van der Waals surface area contributed by atoms with Gasteiger partial charge in [0.15, 0.2) is 5.76 Å². The van der Waals surface area contributed by atoms with Crippen LogP contribution >= 0.6 is 11.8 Å². The number of aliphatic hydroxyl groups is 1. The quantitative estimate of drug-likeness (QED) is 0.547. The average Bonchev–Trinajstić information content (AvgIpc) is 3.26. The topological polar surface area (TPSA) is 85.6 Å². The Morgan fingerprint density at radius 2 is 2.42 bits per heavy atom. The third-order valence-corrected chi connectivity index (χ3v) is 5.90. The summed E-state index contributed by atoms with van der Waals surface area (Å²) in [4.78, 5) is 14.3. The van der Waals surface area contributed by atoms with Crippen molar-refractivity contribution in [3.8, 4) is 6.07 Å². The van der Waals surface area contributed by atoms with Crippen molar-refractivity contribution in [1.82, 2.24) is 10.2 Å². The zero-order valence-electron chi connectivity index (χ0n) is 14.6. The van der Waals surface area contributed by atoms with E-state index in [0.29, 0.717) is 24.2 Å². The minimum atomic E-state index is -0.256. The maximum absolute atomic E-state index is 12.6. The Morgan fingerprint density at radius 3 is 3.27 bits per heavy atom. The van der Waals surface area contributed by atoms with Gasteiger partial charge in [0.05, 0.1) is 18.7 Å². The number of rotatable bonds is 6. The number of allylic oxidation sites excluding steroid dienone is 3. The van der Waals surface area contributed by atoms with E-state index in [9.17, 15) is 9.90 Å². The Morgan fingerprint density at radius 1 is 1.54 bits per heavy atom. The van der Waals surface area contributed by atoms with E-state index >= 15 is 0 Å². The first-order chi connectivity index (χ1) is 12.7. The van der Waals surface area contributed by atoms with E-state index < -0.39 is 0 Å². The highest BCUT2D eigenvalue weighted by Crippen LogP contribution is 2.25. The molecule has 1 amide bonds. The number of ether oxygens (including phenoxy) is 1. The number of thioether (sulfide) groups is 1. The predicted molar refractivity (Wildman–Crippen MR) is 100 cm³/mol. The van der Waals surface area contributed by atoms with E-state index in [-0.39, 0.29) is 23.8 Å². The van der Waals surface area contributed by atoms with E-state index in [1.807, 2.05) is 0 Å². The van der Waals surface area contributed by atoms with Gasteiger partial charge in [0, 0.05) is 24.1 Å². The highest BCUT2D eigenvalue weighted by molar-refractivity contribution is 7.99. The van der Waals surface area contributed by atoms with Gasteiger partial charge in [-0.3, -0.25) is 4.79 Å². The molecule has 0 spiro atoms. The summed E-state index contributed by atoms with van der Waals surface area (Å²) in [5, 5.41) is 22.2. The molecule has 0 aromatic carbocycles. The summed E-state index contributed by atoms with van der Waals surface area (Å²) in [5.74, 6) is 1.67. The molecular weight excluding hydrogens is 350 g/mol. The maximum atomic E-state index is 12.6. The van der Waals surface area contributed by atoms with Crippen LogP contribution < -0.4 is 5.32 Å². The van der Waals surface area contributed by atoms with Crippen molar-refractivity contribution < 1.29 is 14.6 Å². The van der Waals surface area contributed by atoms with Crippen LogP contribution in [0.15, 0.2) is 41.6 Å². The fourth-order valence-electron chi connectivity index (χ4n) is 3.33. The molecule has 7 heteroatoms. The number of hydrogen-bond acceptors (Lipinski definition) is 6. The first kappa shape index (κ1) is 18.7. The van der Waals surface area contributed by atoms with Gasteiger partial charge in [-0.05, 0) is 43.6 Å². The molecule has 3 aliphatic rings. The Balaban J connectivity index is 1.37. The Kier molecular flexibility index (Phi) is 6.45. The second-order valence-corrected chi connectivity index (χ2v) is 7.86. The lowest BCUT2D eigenvalue weighted by atomic mass is 10.2. The summed E-state index contributed by atoms with van der Waals surface area (Å²) in [6.07, 6.45) is 9.15. The first-order valence-electron chi connectivity index (χ1n) is 8.89. The van der Waals surface area contributed by atoms with Gasteiger partial charge in [0.2, 0.25) is 5.91 Å². The number of carbonyl (C=O) groups is 1. The van der Waals surface area contributed by atoms with Crippen LogP contribution in [0, 0.1) is 11.3 Å². The SMILES string of the molecule is N#C[C@@H]1CCCN1C(=O)[C@@H]1CC(SCCOC2=CC=C=C(O)C=C2)CN1. The number of hydrogen-bond donors (Lipinski definition) is 2. The van der Waals surface area contributed by atoms with Crippen LogP contribution in [0.2, 0.25) is 0 Å². The molecule has 0 saturated carbocycles. The molecule has 3 atom stereocenters. The molecule has 26 heavy (non-hydrogen) atoms. The molecule has 0 aromatic heterocycles. The molecular formula is C19H23N3O3S. The summed E-state index contributed by atoms with van der Waals surface area (Å²) in [7, 11) is 0. The second-order valence-electron chi connectivity index (χ2n) is 6.46. The molecule has 1 aliphatic carbocycles. The highest BCUT2D eigenvalue weighted by Gasteiger charge is 2.36. The van der Waals surface area contributed by atoms with E-state index in [1.54, 1.807) is 41.0 Å². The molecule has 2 N–H and O–H groups in total. The van der Waals surface area contributed by atoms with Crippen molar-refractivity contribution in [3.63, 3.8) is 0 Å². The molecule has 1 unspecified atom stereocenters. The number of carbonyl (C=O) groups excluding carboxylic acids is 1. The van der Waals surface area contributed by atoms with Gasteiger partial charge in [0.25, 0.3) is 0 Å². The molecule has 138 valence electrons. The predicted octanol–water partition coefficient (Wildman–Crippen LogP) is 2.03. The van der Waals surface area contributed by atoms with Gasteiger partial charge < -0.3 is 20.1 Å². The van der Waals surface area contributed by atoms with Gasteiger partial charge in [-0.15, -0.1) is 0 Å². The van der Waals surface area contributed by atoms with Crippen molar-refractivity contribution in [2.24, 2.45) is 0 Å². The standard InChI is InChI=1S/C19H23N3O3S/c20-12-14-3-2-8-22(14)19(24)18-11-17(13-21-18)26-10-9-25-16-5-1-4-15(23)6-7-16/h1,5-7,14,17-18,21,23H,2-3,8-11,13H2/t14-,17?,18-/m0/s1. The van der Waals surface area contributed by atoms with E-state index in [1.165, 1.54) is 0 Å². The Hall–Kier alpha value is -2.13. The molecule has 2 saturated heterocycles. The molecule has 0 radical (unpaired) electrons. The van der Waals surface area contributed by atoms with E-state index in [0.717, 1.165) is 31.6 Å². The fourth-order valence-corrected chi connectivity index (χ4v) is 4.38. The number of aliphatic hydroxyl groups excluding tert-OH is 1. The van der Waals surface area contributed by atoms with Crippen LogP contribution in [0.3, 0.4) is 0 Å². The molecule has 2 heterocycles. The van der Waals surface area contributed by atoms with Crippen LogP contribution in [0.1, 0.15) is 19.3 Å². The largest absolute Gasteiger partial charge is 0.501 e. The molecule has 2 fully saturated rings. The zero-order valence-corrected chi connectivity index (χ0v) is 15.4. The third-order valence-electron chi connectivity index (χ3n) is 4.66.